The number of nitrogens with zero attached hydrogens (tertiary/aromatic N) is 4. The van der Waals surface area contributed by atoms with Crippen LogP contribution in [0.3, 0.4) is 0 Å². The van der Waals surface area contributed by atoms with Gasteiger partial charge in [0.25, 0.3) is 0 Å². The van der Waals surface area contributed by atoms with E-state index in [1.807, 2.05) is 135 Å². The van der Waals surface area contributed by atoms with Gasteiger partial charge in [0.15, 0.2) is 23.3 Å². The van der Waals surface area contributed by atoms with E-state index in [1.165, 1.54) is 0 Å². The molecule has 11 rings (SSSR count). The van der Waals surface area contributed by atoms with Crippen LogP contribution < -0.4 is 14.5 Å². The Morgan fingerprint density at radius 3 is 1.64 bits per heavy atom. The number of aromatic nitrogens is 2. The van der Waals surface area contributed by atoms with Crippen molar-refractivity contribution in [2.45, 2.75) is 105 Å². The van der Waals surface area contributed by atoms with Crippen molar-refractivity contribution in [2.24, 2.45) is 0 Å². The number of anilines is 4. The average molecular weight is 1270 g/mol. The number of para-hydroxylation sites is 3. The average Bonchev–Trinajstić information content (AvgIpc) is 4.16. The van der Waals surface area contributed by atoms with E-state index in [0.717, 1.165) is 55.4 Å². The van der Waals surface area contributed by atoms with E-state index in [-0.39, 0.29) is 48.6 Å². The van der Waals surface area contributed by atoms with Crippen molar-refractivity contribution < 1.29 is 47.8 Å². The Balaban J connectivity index is 0.00000736. The molecule has 416 valence electrons. The Morgan fingerprint density at radius 2 is 1.01 bits per heavy atom. The van der Waals surface area contributed by atoms with Crippen LogP contribution in [0.1, 0.15) is 105 Å². The van der Waals surface area contributed by atoms with Crippen LogP contribution in [0.25, 0.3) is 61.0 Å². The molecule has 2 aromatic heterocycles. The molecule has 8 aromatic carbocycles. The SMILES string of the molecule is CC(C)(C)c1cc(-c2cc(C(C)(C)C)cc(-c3c(F)c(F)c(F)c(F)c3F)c2N2[CH-]N(c3[c-]c(Oc4[c-]c5c(cc4)c4ccccc4n5-c4cc(C(C)(C)C)ccn4)cc(-c4ccccc4)c3)c3ccccc32)cc(C(C)(C)C)c1.[Pt]. The Bertz CT molecular complexity index is 4020. The van der Waals surface area contributed by atoms with Crippen LogP contribution in [0.5, 0.6) is 11.5 Å². The number of benzene rings is 8. The van der Waals surface area contributed by atoms with E-state index in [0.29, 0.717) is 45.3 Å². The third-order valence-corrected chi connectivity index (χ3v) is 15.1. The van der Waals surface area contributed by atoms with Crippen LogP contribution in [-0.4, -0.2) is 9.55 Å². The summed E-state index contributed by atoms with van der Waals surface area (Å²) in [5.41, 5.74) is 7.70. The molecule has 10 aromatic rings. The zero-order valence-electron chi connectivity index (χ0n) is 47.4. The number of fused-ring (bicyclic) bond motifs is 4. The molecule has 81 heavy (non-hydrogen) atoms. The molecule has 0 spiro atoms. The molecule has 1 aliphatic heterocycles. The van der Waals surface area contributed by atoms with Crippen molar-refractivity contribution in [3.05, 3.63) is 222 Å². The molecular formula is C70H62F5N4OPt-3. The number of halogens is 5. The molecule has 0 saturated carbocycles. The van der Waals surface area contributed by atoms with Gasteiger partial charge in [-0.15, -0.1) is 53.6 Å². The standard InChI is InChI=1S/C70H62F5N4O.Pt/c1-67(2,3)44-28-29-76-59(37-44)79-55-23-17-16-22-51(55)52-27-26-49(39-58(52)79)80-50-33-42(41-20-14-13-15-21-41)32-48(38-50)77-40-78(57-25-19-18-24-56(57)77)66-53(43-30-45(68(4,5)6)34-46(31-43)69(7,8)9)35-47(70(10,11)12)36-54(66)60-61(71)63(73)65(75)64(74)62(60)72;/h13-37,40H,1-12H3;/q-3;. The Labute approximate surface area is 486 Å². The van der Waals surface area contributed by atoms with Crippen molar-refractivity contribution in [3.63, 3.8) is 0 Å². The van der Waals surface area contributed by atoms with E-state index in [1.54, 1.807) is 17.6 Å². The van der Waals surface area contributed by atoms with Gasteiger partial charge in [0, 0.05) is 72.5 Å². The summed E-state index contributed by atoms with van der Waals surface area (Å²) in [6.45, 7) is 26.9. The third kappa shape index (κ3) is 10.5. The van der Waals surface area contributed by atoms with Crippen molar-refractivity contribution in [1.82, 2.24) is 9.55 Å². The quantitative estimate of drug-likeness (QED) is 0.0657. The van der Waals surface area contributed by atoms with Crippen LogP contribution in [0.15, 0.2) is 152 Å². The van der Waals surface area contributed by atoms with Crippen LogP contribution in [-0.2, 0) is 42.7 Å². The van der Waals surface area contributed by atoms with Gasteiger partial charge in [-0.3, -0.25) is 0 Å². The zero-order valence-corrected chi connectivity index (χ0v) is 49.7. The van der Waals surface area contributed by atoms with Crippen molar-refractivity contribution in [1.29, 1.82) is 0 Å². The summed E-state index contributed by atoms with van der Waals surface area (Å²) in [6, 6.07) is 54.6. The van der Waals surface area contributed by atoms with E-state index >= 15 is 22.0 Å². The first-order valence-electron chi connectivity index (χ1n) is 26.9. The Kier molecular flexibility index (Phi) is 14.5. The maximum atomic E-state index is 16.7. The summed E-state index contributed by atoms with van der Waals surface area (Å²) in [7, 11) is 0. The number of pyridine rings is 1. The second-order valence-corrected chi connectivity index (χ2v) is 24.9. The minimum atomic E-state index is -2.23. The number of rotatable bonds is 8. The largest absolute Gasteiger partial charge is 0.509 e. The predicted molar refractivity (Wildman–Crippen MR) is 315 cm³/mol. The number of hydrogen-bond acceptors (Lipinski definition) is 4. The summed E-state index contributed by atoms with van der Waals surface area (Å²) < 4.78 is 88.9. The van der Waals surface area contributed by atoms with E-state index in [9.17, 15) is 0 Å². The second kappa shape index (κ2) is 20.8. The van der Waals surface area contributed by atoms with Gasteiger partial charge in [0.05, 0.1) is 5.56 Å². The molecule has 0 radical (unpaired) electrons. The summed E-state index contributed by atoms with van der Waals surface area (Å²) in [4.78, 5) is 8.56. The van der Waals surface area contributed by atoms with Gasteiger partial charge in [-0.25, -0.2) is 26.9 Å². The molecule has 11 heteroatoms. The van der Waals surface area contributed by atoms with Crippen molar-refractivity contribution in [2.75, 3.05) is 9.80 Å². The van der Waals surface area contributed by atoms with Crippen LogP contribution >= 0.6 is 0 Å². The molecule has 5 nitrogen and oxygen atoms in total. The summed E-state index contributed by atoms with van der Waals surface area (Å²) in [6.07, 6.45) is 1.84. The minimum absolute atomic E-state index is 0. The van der Waals surface area contributed by atoms with E-state index in [2.05, 4.69) is 115 Å². The van der Waals surface area contributed by atoms with Gasteiger partial charge in [-0.1, -0.05) is 167 Å². The fraction of sp³-hybridized carbons (Fsp3) is 0.229. The minimum Gasteiger partial charge on any atom is -0.509 e. The first-order valence-corrected chi connectivity index (χ1v) is 26.9. The van der Waals surface area contributed by atoms with Gasteiger partial charge in [-0.05, 0) is 103 Å². The van der Waals surface area contributed by atoms with E-state index < -0.39 is 40.1 Å². The van der Waals surface area contributed by atoms with Crippen molar-refractivity contribution in [3.8, 4) is 50.7 Å². The maximum Gasteiger partial charge on any atom is 0.200 e. The predicted octanol–water partition coefficient (Wildman–Crippen LogP) is 19.9. The topological polar surface area (TPSA) is 33.5 Å². The molecule has 1 aliphatic rings. The number of ether oxygens (including phenoxy) is 1. The Hall–Kier alpha value is -7.55. The molecule has 0 saturated heterocycles. The fourth-order valence-corrected chi connectivity index (χ4v) is 10.5. The molecular weight excluding hydrogens is 1200 g/mol. The van der Waals surface area contributed by atoms with Gasteiger partial charge in [0.2, 0.25) is 5.82 Å². The van der Waals surface area contributed by atoms with Crippen molar-refractivity contribution >= 4 is 44.6 Å². The molecule has 0 unspecified atom stereocenters. The third-order valence-electron chi connectivity index (χ3n) is 15.1. The summed E-state index contributed by atoms with van der Waals surface area (Å²) in [5.74, 6) is -8.62. The van der Waals surface area contributed by atoms with Crippen LogP contribution in [0.4, 0.5) is 44.7 Å². The fourth-order valence-electron chi connectivity index (χ4n) is 10.5. The zero-order chi connectivity index (χ0) is 57.0. The first kappa shape index (κ1) is 56.7. The molecule has 0 aliphatic carbocycles. The molecule has 0 amide bonds. The van der Waals surface area contributed by atoms with Crippen LogP contribution in [0.2, 0.25) is 0 Å². The monoisotopic (exact) mass is 1260 g/mol. The van der Waals surface area contributed by atoms with E-state index in [4.69, 9.17) is 9.72 Å². The van der Waals surface area contributed by atoms with Gasteiger partial charge in [0.1, 0.15) is 5.82 Å². The molecule has 0 bridgehead atoms. The Morgan fingerprint density at radius 1 is 0.457 bits per heavy atom. The normalized spacial score (nSPS) is 13.0. The molecule has 0 N–H and O–H groups in total. The summed E-state index contributed by atoms with van der Waals surface area (Å²) in [5, 5.41) is 2.01. The maximum absolute atomic E-state index is 16.7. The first-order chi connectivity index (χ1) is 37.8. The molecule has 3 heterocycles. The molecule has 0 atom stereocenters. The van der Waals surface area contributed by atoms with Gasteiger partial charge in [-0.2, -0.15) is 6.07 Å². The van der Waals surface area contributed by atoms with Gasteiger partial charge >= 0.3 is 0 Å². The summed E-state index contributed by atoms with van der Waals surface area (Å²) >= 11 is 0. The van der Waals surface area contributed by atoms with Gasteiger partial charge < -0.3 is 19.1 Å². The molecule has 0 fully saturated rings. The smallest absolute Gasteiger partial charge is 0.200 e. The van der Waals surface area contributed by atoms with Crippen LogP contribution in [0, 0.1) is 47.9 Å². The number of hydrogen-bond donors (Lipinski definition) is 0. The second-order valence-electron chi connectivity index (χ2n) is 24.9.